The Morgan fingerprint density at radius 2 is 1.88 bits per heavy atom. The number of nitrogens with zero attached hydrogens (tertiary/aromatic N) is 2. The van der Waals surface area contributed by atoms with Gasteiger partial charge in [-0.05, 0) is 58.5 Å². The Bertz CT molecular complexity index is 714. The van der Waals surface area contributed by atoms with Crippen molar-refractivity contribution in [2.24, 2.45) is 0 Å². The molecule has 5 nitrogen and oxygen atoms in total. The number of methoxy groups -OCH3 is 2. The van der Waals surface area contributed by atoms with Crippen molar-refractivity contribution < 1.29 is 9.47 Å². The molecule has 1 aromatic heterocycles. The van der Waals surface area contributed by atoms with Crippen molar-refractivity contribution >= 4 is 16.6 Å². The summed E-state index contributed by atoms with van der Waals surface area (Å²) in [6, 6.07) is 6.39. The van der Waals surface area contributed by atoms with Crippen molar-refractivity contribution in [3.63, 3.8) is 0 Å². The molecule has 0 aliphatic heterocycles. The van der Waals surface area contributed by atoms with Gasteiger partial charge in [-0.15, -0.1) is 0 Å². The van der Waals surface area contributed by atoms with Crippen LogP contribution in [0.5, 0.6) is 11.5 Å². The molecular formula is C21H33N3O2. The van der Waals surface area contributed by atoms with Crippen LogP contribution < -0.4 is 14.8 Å². The third kappa shape index (κ3) is 4.79. The Morgan fingerprint density at radius 3 is 2.50 bits per heavy atom. The van der Waals surface area contributed by atoms with Crippen molar-refractivity contribution in [2.75, 3.05) is 39.2 Å². The number of hydrogen-bond donors (Lipinski definition) is 1. The zero-order valence-corrected chi connectivity index (χ0v) is 17.1. The van der Waals surface area contributed by atoms with E-state index in [0.29, 0.717) is 6.04 Å². The quantitative estimate of drug-likeness (QED) is 0.677. The summed E-state index contributed by atoms with van der Waals surface area (Å²) < 4.78 is 11.3. The molecule has 0 amide bonds. The number of pyridine rings is 1. The Balaban J connectivity index is 2.19. The van der Waals surface area contributed by atoms with E-state index in [-0.39, 0.29) is 0 Å². The van der Waals surface area contributed by atoms with Gasteiger partial charge in [-0.25, -0.2) is 4.98 Å². The molecule has 144 valence electrons. The molecule has 1 N–H and O–H groups in total. The summed E-state index contributed by atoms with van der Waals surface area (Å²) in [6.45, 7) is 12.0. The Kier molecular flexibility index (Phi) is 7.51. The molecule has 0 saturated carbocycles. The minimum Gasteiger partial charge on any atom is -0.494 e. The topological polar surface area (TPSA) is 46.6 Å². The van der Waals surface area contributed by atoms with E-state index in [2.05, 4.69) is 42.0 Å². The molecule has 5 heteroatoms. The first-order valence-electron chi connectivity index (χ1n) is 9.55. The Hall–Kier alpha value is -2.01. The minimum absolute atomic E-state index is 0.347. The van der Waals surface area contributed by atoms with E-state index in [1.807, 2.05) is 19.1 Å². The maximum Gasteiger partial charge on any atom is 0.151 e. The number of benzene rings is 1. The van der Waals surface area contributed by atoms with Crippen molar-refractivity contribution in [1.82, 2.24) is 9.88 Å². The second kappa shape index (κ2) is 9.62. The van der Waals surface area contributed by atoms with Crippen molar-refractivity contribution in [3.8, 4) is 11.5 Å². The van der Waals surface area contributed by atoms with E-state index in [0.717, 1.165) is 59.8 Å². The van der Waals surface area contributed by atoms with Crippen LogP contribution in [0.1, 0.15) is 39.3 Å². The first-order chi connectivity index (χ1) is 12.5. The predicted molar refractivity (Wildman–Crippen MR) is 110 cm³/mol. The zero-order valence-electron chi connectivity index (χ0n) is 17.1. The highest BCUT2D eigenvalue weighted by atomic mass is 16.5. The summed E-state index contributed by atoms with van der Waals surface area (Å²) in [5.41, 5.74) is 2.75. The van der Waals surface area contributed by atoms with Gasteiger partial charge in [-0.1, -0.05) is 13.8 Å². The molecule has 26 heavy (non-hydrogen) atoms. The number of ether oxygens (including phenoxy) is 2. The number of aromatic nitrogens is 1. The minimum atomic E-state index is 0.347. The van der Waals surface area contributed by atoms with E-state index in [1.54, 1.807) is 14.2 Å². The lowest BCUT2D eigenvalue weighted by Gasteiger charge is -2.22. The van der Waals surface area contributed by atoms with Gasteiger partial charge in [-0.3, -0.25) is 0 Å². The normalized spacial score (nSPS) is 12.4. The smallest absolute Gasteiger partial charge is 0.151 e. The lowest BCUT2D eigenvalue weighted by atomic mass is 10.1. The zero-order chi connectivity index (χ0) is 19.1. The molecule has 0 saturated heterocycles. The molecule has 1 aromatic carbocycles. The van der Waals surface area contributed by atoms with Gasteiger partial charge < -0.3 is 19.7 Å². The lowest BCUT2D eigenvalue weighted by Crippen LogP contribution is -2.25. The van der Waals surface area contributed by atoms with Gasteiger partial charge in [0, 0.05) is 23.2 Å². The molecule has 1 atom stereocenters. The van der Waals surface area contributed by atoms with Crippen LogP contribution in [0, 0.1) is 6.92 Å². The van der Waals surface area contributed by atoms with E-state index in [9.17, 15) is 0 Å². The molecule has 0 spiro atoms. The monoisotopic (exact) mass is 359 g/mol. The highest BCUT2D eigenvalue weighted by Crippen LogP contribution is 2.39. The molecule has 2 rings (SSSR count). The van der Waals surface area contributed by atoms with Gasteiger partial charge in [0.05, 0.1) is 19.9 Å². The molecule has 0 fully saturated rings. The number of anilines is 1. The van der Waals surface area contributed by atoms with Crippen LogP contribution in [0.15, 0.2) is 18.2 Å². The lowest BCUT2D eigenvalue weighted by molar-refractivity contribution is 0.295. The third-order valence-corrected chi connectivity index (χ3v) is 4.86. The summed E-state index contributed by atoms with van der Waals surface area (Å²) >= 11 is 0. The van der Waals surface area contributed by atoms with Crippen molar-refractivity contribution in [3.05, 3.63) is 23.9 Å². The molecule has 0 aliphatic rings. The second-order valence-electron chi connectivity index (χ2n) is 6.72. The second-order valence-corrected chi connectivity index (χ2v) is 6.72. The van der Waals surface area contributed by atoms with E-state index in [1.165, 1.54) is 6.42 Å². The fraction of sp³-hybridized carbons (Fsp3) is 0.571. The van der Waals surface area contributed by atoms with Gasteiger partial charge in [-0.2, -0.15) is 0 Å². The van der Waals surface area contributed by atoms with Crippen LogP contribution in [0.3, 0.4) is 0 Å². The average molecular weight is 360 g/mol. The summed E-state index contributed by atoms with van der Waals surface area (Å²) in [6.07, 6.45) is 2.27. The van der Waals surface area contributed by atoms with Crippen LogP contribution in [0.25, 0.3) is 10.9 Å². The number of rotatable bonds is 10. The Morgan fingerprint density at radius 1 is 1.15 bits per heavy atom. The summed E-state index contributed by atoms with van der Waals surface area (Å²) in [5.74, 6) is 1.59. The maximum atomic E-state index is 5.71. The van der Waals surface area contributed by atoms with Crippen LogP contribution in [-0.2, 0) is 0 Å². The van der Waals surface area contributed by atoms with Gasteiger partial charge >= 0.3 is 0 Å². The van der Waals surface area contributed by atoms with E-state index in [4.69, 9.17) is 9.47 Å². The predicted octanol–water partition coefficient (Wildman–Crippen LogP) is 4.48. The highest BCUT2D eigenvalue weighted by molar-refractivity contribution is 5.95. The summed E-state index contributed by atoms with van der Waals surface area (Å²) in [7, 11) is 3.39. The van der Waals surface area contributed by atoms with E-state index < -0.39 is 0 Å². The van der Waals surface area contributed by atoms with Crippen molar-refractivity contribution in [1.29, 1.82) is 0 Å². The van der Waals surface area contributed by atoms with Crippen LogP contribution in [-0.4, -0.2) is 49.8 Å². The first-order valence-corrected chi connectivity index (χ1v) is 9.55. The van der Waals surface area contributed by atoms with Gasteiger partial charge in [0.2, 0.25) is 0 Å². The molecule has 0 radical (unpaired) electrons. The standard InChI is InChI=1S/C21H33N3O2/c1-7-24(8-2)13-9-10-15(3)22-18-14-19(25-5)20-17(21(18)26-6)12-11-16(4)23-20/h11-12,14-15,22H,7-10,13H2,1-6H3/t15-/m1/s1. The van der Waals surface area contributed by atoms with Crippen LogP contribution in [0.2, 0.25) is 0 Å². The Labute approximate surface area is 157 Å². The van der Waals surface area contributed by atoms with E-state index >= 15 is 0 Å². The number of aryl methyl sites for hydroxylation is 1. The molecule has 2 aromatic rings. The molecule has 0 aliphatic carbocycles. The number of hydrogen-bond acceptors (Lipinski definition) is 5. The molecular weight excluding hydrogens is 326 g/mol. The highest BCUT2D eigenvalue weighted by Gasteiger charge is 2.16. The third-order valence-electron chi connectivity index (χ3n) is 4.86. The first kappa shape index (κ1) is 20.3. The van der Waals surface area contributed by atoms with Crippen LogP contribution in [0.4, 0.5) is 5.69 Å². The number of nitrogens with one attached hydrogen (secondary N) is 1. The molecule has 0 unspecified atom stereocenters. The summed E-state index contributed by atoms with van der Waals surface area (Å²) in [5, 5.41) is 4.57. The van der Waals surface area contributed by atoms with Crippen molar-refractivity contribution in [2.45, 2.75) is 46.6 Å². The number of fused-ring (bicyclic) bond motifs is 1. The van der Waals surface area contributed by atoms with Gasteiger partial charge in [0.1, 0.15) is 11.3 Å². The fourth-order valence-electron chi connectivity index (χ4n) is 3.32. The summed E-state index contributed by atoms with van der Waals surface area (Å²) in [4.78, 5) is 7.08. The largest absolute Gasteiger partial charge is 0.494 e. The average Bonchev–Trinajstić information content (AvgIpc) is 2.64. The van der Waals surface area contributed by atoms with Gasteiger partial charge in [0.15, 0.2) is 5.75 Å². The molecule has 1 heterocycles. The van der Waals surface area contributed by atoms with Gasteiger partial charge in [0.25, 0.3) is 0 Å². The maximum absolute atomic E-state index is 5.71. The van der Waals surface area contributed by atoms with Crippen LogP contribution >= 0.6 is 0 Å². The SMILES string of the molecule is CCN(CC)CCC[C@@H](C)Nc1cc(OC)c2nc(C)ccc2c1OC. The molecule has 0 bridgehead atoms. The fourth-order valence-corrected chi connectivity index (χ4v) is 3.32.